The largest absolute Gasteiger partial charge is 0.324 e. The summed E-state index contributed by atoms with van der Waals surface area (Å²) in [6.45, 7) is 7.39. The van der Waals surface area contributed by atoms with E-state index in [-0.39, 0.29) is 0 Å². The van der Waals surface area contributed by atoms with Gasteiger partial charge in [-0.05, 0) is 61.7 Å². The molecule has 0 fully saturated rings. The van der Waals surface area contributed by atoms with Gasteiger partial charge in [0, 0.05) is 17.0 Å². The Balaban J connectivity index is 2.13. The van der Waals surface area contributed by atoms with Gasteiger partial charge in [-0.3, -0.25) is 0 Å². The average Bonchev–Trinajstić information content (AvgIpc) is 2.84. The maximum atomic E-state index is 6.24. The number of hydrogen-bond donors (Lipinski definition) is 0. The van der Waals surface area contributed by atoms with Crippen LogP contribution in [0.2, 0.25) is 5.02 Å². The molecule has 2 aromatic heterocycles. The van der Waals surface area contributed by atoms with Crippen molar-refractivity contribution >= 4 is 44.7 Å². The number of hydrogen-bond acceptors (Lipinski definition) is 2. The Labute approximate surface area is 146 Å². The van der Waals surface area contributed by atoms with Crippen molar-refractivity contribution in [3.63, 3.8) is 0 Å². The summed E-state index contributed by atoms with van der Waals surface area (Å²) >= 11 is 6.24. The van der Waals surface area contributed by atoms with Gasteiger partial charge in [0.1, 0.15) is 5.52 Å². The molecular weight excluding hydrogens is 318 g/mol. The van der Waals surface area contributed by atoms with Crippen molar-refractivity contribution < 1.29 is 0 Å². The van der Waals surface area contributed by atoms with Crippen LogP contribution in [0.1, 0.15) is 30.9 Å². The average molecular weight is 338 g/mol. The van der Waals surface area contributed by atoms with Crippen molar-refractivity contribution in [2.75, 3.05) is 0 Å². The fourth-order valence-corrected chi connectivity index (χ4v) is 3.43. The van der Waals surface area contributed by atoms with Crippen LogP contribution < -0.4 is 0 Å². The number of aryl methyl sites for hydroxylation is 3. The van der Waals surface area contributed by atoms with Crippen molar-refractivity contribution in [1.29, 1.82) is 0 Å². The van der Waals surface area contributed by atoms with Crippen LogP contribution in [0.15, 0.2) is 30.3 Å². The van der Waals surface area contributed by atoms with Crippen LogP contribution in [0.5, 0.6) is 0 Å². The van der Waals surface area contributed by atoms with E-state index in [9.17, 15) is 0 Å². The lowest BCUT2D eigenvalue weighted by Gasteiger charge is -2.07. The summed E-state index contributed by atoms with van der Waals surface area (Å²) in [5.41, 5.74) is 7.44. The molecule has 0 atom stereocenters. The second-order valence-electron chi connectivity index (χ2n) is 6.49. The maximum Gasteiger partial charge on any atom is 0.160 e. The number of aromatic nitrogens is 3. The van der Waals surface area contributed by atoms with Crippen molar-refractivity contribution in [3.05, 3.63) is 46.5 Å². The Bertz CT molecular complexity index is 1080. The summed E-state index contributed by atoms with van der Waals surface area (Å²) in [6.07, 6.45) is 2.27. The second kappa shape index (κ2) is 5.75. The van der Waals surface area contributed by atoms with Gasteiger partial charge < -0.3 is 4.57 Å². The van der Waals surface area contributed by atoms with Gasteiger partial charge in [0.2, 0.25) is 0 Å². The van der Waals surface area contributed by atoms with Crippen LogP contribution in [0, 0.1) is 13.8 Å². The zero-order chi connectivity index (χ0) is 16.8. The lowest BCUT2D eigenvalue weighted by atomic mass is 10.1. The van der Waals surface area contributed by atoms with Crippen LogP contribution in [0.4, 0.5) is 0 Å². The number of fused-ring (bicyclic) bond motifs is 4. The van der Waals surface area contributed by atoms with Crippen LogP contribution in [-0.2, 0) is 6.54 Å². The van der Waals surface area contributed by atoms with Gasteiger partial charge in [-0.2, -0.15) is 0 Å². The molecule has 0 saturated carbocycles. The van der Waals surface area contributed by atoms with Gasteiger partial charge >= 0.3 is 0 Å². The fraction of sp³-hybridized carbons (Fsp3) is 0.300. The Hall–Kier alpha value is -2.13. The van der Waals surface area contributed by atoms with Crippen molar-refractivity contribution in [3.8, 4) is 0 Å². The third kappa shape index (κ3) is 2.35. The number of halogens is 1. The summed E-state index contributed by atoms with van der Waals surface area (Å²) in [5, 5.41) is 1.82. The maximum absolute atomic E-state index is 6.24. The van der Waals surface area contributed by atoms with E-state index in [1.54, 1.807) is 0 Å². The number of nitrogens with zero attached hydrogens (tertiary/aromatic N) is 3. The molecule has 0 aliphatic carbocycles. The van der Waals surface area contributed by atoms with E-state index in [1.807, 2.05) is 12.1 Å². The lowest BCUT2D eigenvalue weighted by molar-refractivity contribution is 0.661. The number of rotatable bonds is 3. The van der Waals surface area contributed by atoms with E-state index in [0.29, 0.717) is 0 Å². The minimum atomic E-state index is 0.735. The molecule has 4 aromatic rings. The molecule has 122 valence electrons. The first-order valence-electron chi connectivity index (χ1n) is 8.45. The molecule has 2 heterocycles. The molecule has 24 heavy (non-hydrogen) atoms. The molecule has 0 aliphatic heterocycles. The highest BCUT2D eigenvalue weighted by Gasteiger charge is 2.15. The molecule has 0 amide bonds. The minimum Gasteiger partial charge on any atom is -0.324 e. The molecule has 4 heteroatoms. The Kier molecular flexibility index (Phi) is 3.69. The SMILES string of the molecule is CCCCn1c2ccc(Cl)cc2c2nc3cc(C)c(C)cc3nc21. The molecule has 0 unspecified atom stereocenters. The van der Waals surface area contributed by atoms with Crippen molar-refractivity contribution in [2.24, 2.45) is 0 Å². The summed E-state index contributed by atoms with van der Waals surface area (Å²) in [6, 6.07) is 10.3. The molecule has 0 bridgehead atoms. The standard InChI is InChI=1S/C20H20ClN3/c1-4-5-8-24-18-7-6-14(21)11-15(18)19-20(24)23-17-10-13(3)12(2)9-16(17)22-19/h6-7,9-11H,4-5,8H2,1-3H3. The van der Waals surface area contributed by atoms with Crippen LogP contribution in [0.25, 0.3) is 33.1 Å². The van der Waals surface area contributed by atoms with E-state index in [4.69, 9.17) is 21.6 Å². The first-order valence-corrected chi connectivity index (χ1v) is 8.82. The predicted octanol–water partition coefficient (Wildman–Crippen LogP) is 5.81. The quantitative estimate of drug-likeness (QED) is 0.472. The van der Waals surface area contributed by atoms with Crippen LogP contribution >= 0.6 is 11.6 Å². The first kappa shape index (κ1) is 15.4. The topological polar surface area (TPSA) is 30.7 Å². The summed E-state index contributed by atoms with van der Waals surface area (Å²) in [5.74, 6) is 0. The van der Waals surface area contributed by atoms with Crippen LogP contribution in [-0.4, -0.2) is 14.5 Å². The number of unbranched alkanes of at least 4 members (excludes halogenated alkanes) is 1. The Morgan fingerprint density at radius 3 is 2.42 bits per heavy atom. The lowest BCUT2D eigenvalue weighted by Crippen LogP contribution is -1.99. The van der Waals surface area contributed by atoms with E-state index in [1.165, 1.54) is 11.1 Å². The van der Waals surface area contributed by atoms with Gasteiger partial charge in [-0.1, -0.05) is 24.9 Å². The third-order valence-electron chi connectivity index (χ3n) is 4.76. The summed E-state index contributed by atoms with van der Waals surface area (Å²) < 4.78 is 2.28. The highest BCUT2D eigenvalue weighted by atomic mass is 35.5. The second-order valence-corrected chi connectivity index (χ2v) is 6.92. The molecule has 2 aromatic carbocycles. The van der Waals surface area contributed by atoms with E-state index in [0.717, 1.165) is 57.5 Å². The Morgan fingerprint density at radius 1 is 1.00 bits per heavy atom. The molecule has 0 N–H and O–H groups in total. The molecule has 0 radical (unpaired) electrons. The van der Waals surface area contributed by atoms with Gasteiger partial charge in [0.25, 0.3) is 0 Å². The molecule has 0 saturated heterocycles. The Morgan fingerprint density at radius 2 is 1.71 bits per heavy atom. The zero-order valence-electron chi connectivity index (χ0n) is 14.2. The zero-order valence-corrected chi connectivity index (χ0v) is 15.0. The highest BCUT2D eigenvalue weighted by molar-refractivity contribution is 6.31. The molecule has 0 aliphatic rings. The molecule has 0 spiro atoms. The smallest absolute Gasteiger partial charge is 0.160 e. The first-order chi connectivity index (χ1) is 11.6. The minimum absolute atomic E-state index is 0.735. The summed E-state index contributed by atoms with van der Waals surface area (Å²) in [4.78, 5) is 9.89. The molecule has 4 rings (SSSR count). The third-order valence-corrected chi connectivity index (χ3v) is 4.99. The fourth-order valence-electron chi connectivity index (χ4n) is 3.26. The highest BCUT2D eigenvalue weighted by Crippen LogP contribution is 2.31. The van der Waals surface area contributed by atoms with Gasteiger partial charge in [-0.25, -0.2) is 9.97 Å². The van der Waals surface area contributed by atoms with Gasteiger partial charge in [-0.15, -0.1) is 0 Å². The van der Waals surface area contributed by atoms with Gasteiger partial charge in [0.05, 0.1) is 16.6 Å². The van der Waals surface area contributed by atoms with Crippen molar-refractivity contribution in [1.82, 2.24) is 14.5 Å². The number of benzene rings is 2. The monoisotopic (exact) mass is 337 g/mol. The van der Waals surface area contributed by atoms with Crippen molar-refractivity contribution in [2.45, 2.75) is 40.2 Å². The normalized spacial score (nSPS) is 11.8. The van der Waals surface area contributed by atoms with E-state index >= 15 is 0 Å². The van der Waals surface area contributed by atoms with E-state index < -0.39 is 0 Å². The van der Waals surface area contributed by atoms with Gasteiger partial charge in [0.15, 0.2) is 5.65 Å². The van der Waals surface area contributed by atoms with Crippen LogP contribution in [0.3, 0.4) is 0 Å². The van der Waals surface area contributed by atoms with E-state index in [2.05, 4.69) is 43.5 Å². The summed E-state index contributed by atoms with van der Waals surface area (Å²) in [7, 11) is 0. The predicted molar refractivity (Wildman–Crippen MR) is 102 cm³/mol. The molecule has 3 nitrogen and oxygen atoms in total. The molecular formula is C20H20ClN3.